The SMILES string of the molecule is COc1cc(OC)cc(C(=O)NCCn2ccc(-c3cccs3)n2)c1. The second-order valence-corrected chi connectivity index (χ2v) is 6.25. The molecule has 2 aromatic heterocycles. The summed E-state index contributed by atoms with van der Waals surface area (Å²) in [5, 5.41) is 9.42. The number of benzene rings is 1. The fourth-order valence-electron chi connectivity index (χ4n) is 2.37. The number of carbonyl (C=O) groups is 1. The highest BCUT2D eigenvalue weighted by Crippen LogP contribution is 2.23. The zero-order valence-corrected chi connectivity index (χ0v) is 14.9. The van der Waals surface area contributed by atoms with Gasteiger partial charge < -0.3 is 14.8 Å². The molecule has 1 N–H and O–H groups in total. The third-order valence-electron chi connectivity index (χ3n) is 3.65. The summed E-state index contributed by atoms with van der Waals surface area (Å²) < 4.78 is 12.2. The Labute approximate surface area is 150 Å². The van der Waals surface area contributed by atoms with Crippen molar-refractivity contribution in [2.24, 2.45) is 0 Å². The number of methoxy groups -OCH3 is 2. The van der Waals surface area contributed by atoms with Crippen LogP contribution in [0.2, 0.25) is 0 Å². The van der Waals surface area contributed by atoms with Crippen LogP contribution in [0.3, 0.4) is 0 Å². The summed E-state index contributed by atoms with van der Waals surface area (Å²) in [6.45, 7) is 1.07. The second-order valence-electron chi connectivity index (χ2n) is 5.30. The average Bonchev–Trinajstić information content (AvgIpc) is 3.32. The molecule has 0 atom stereocenters. The van der Waals surface area contributed by atoms with E-state index in [9.17, 15) is 4.79 Å². The molecule has 6 nitrogen and oxygen atoms in total. The summed E-state index contributed by atoms with van der Waals surface area (Å²) in [4.78, 5) is 13.4. The molecule has 25 heavy (non-hydrogen) atoms. The Hall–Kier alpha value is -2.80. The van der Waals surface area contributed by atoms with Crippen molar-refractivity contribution in [3.63, 3.8) is 0 Å². The Bertz CT molecular complexity index is 821. The molecule has 0 spiro atoms. The minimum atomic E-state index is -0.178. The molecule has 130 valence electrons. The highest BCUT2D eigenvalue weighted by molar-refractivity contribution is 7.13. The summed E-state index contributed by atoms with van der Waals surface area (Å²) in [6, 6.07) is 11.1. The van der Waals surface area contributed by atoms with Gasteiger partial charge in [-0.05, 0) is 29.6 Å². The van der Waals surface area contributed by atoms with Crippen molar-refractivity contribution in [2.75, 3.05) is 20.8 Å². The van der Waals surface area contributed by atoms with Gasteiger partial charge in [0.05, 0.1) is 25.6 Å². The zero-order chi connectivity index (χ0) is 17.6. The van der Waals surface area contributed by atoms with Gasteiger partial charge in [0, 0.05) is 24.4 Å². The van der Waals surface area contributed by atoms with Crippen LogP contribution in [0.25, 0.3) is 10.6 Å². The summed E-state index contributed by atoms with van der Waals surface area (Å²) in [5.41, 5.74) is 1.44. The topological polar surface area (TPSA) is 65.4 Å². The van der Waals surface area contributed by atoms with Gasteiger partial charge in [0.2, 0.25) is 0 Å². The number of thiophene rings is 1. The third kappa shape index (κ3) is 4.19. The van der Waals surface area contributed by atoms with Crippen molar-refractivity contribution < 1.29 is 14.3 Å². The highest BCUT2D eigenvalue weighted by atomic mass is 32.1. The lowest BCUT2D eigenvalue weighted by atomic mass is 10.2. The largest absolute Gasteiger partial charge is 0.497 e. The van der Waals surface area contributed by atoms with Gasteiger partial charge in [-0.3, -0.25) is 9.48 Å². The highest BCUT2D eigenvalue weighted by Gasteiger charge is 2.10. The molecule has 2 heterocycles. The van der Waals surface area contributed by atoms with E-state index < -0.39 is 0 Å². The van der Waals surface area contributed by atoms with E-state index in [1.807, 2.05) is 34.5 Å². The third-order valence-corrected chi connectivity index (χ3v) is 4.55. The van der Waals surface area contributed by atoms with Gasteiger partial charge in [-0.25, -0.2) is 0 Å². The van der Waals surface area contributed by atoms with Crippen LogP contribution < -0.4 is 14.8 Å². The van der Waals surface area contributed by atoms with Crippen LogP contribution in [0.15, 0.2) is 48.0 Å². The van der Waals surface area contributed by atoms with E-state index in [0.29, 0.717) is 30.2 Å². The van der Waals surface area contributed by atoms with Crippen LogP contribution in [0.4, 0.5) is 0 Å². The first-order chi connectivity index (χ1) is 12.2. The monoisotopic (exact) mass is 357 g/mol. The Morgan fingerprint density at radius 1 is 1.20 bits per heavy atom. The van der Waals surface area contributed by atoms with Gasteiger partial charge >= 0.3 is 0 Å². The van der Waals surface area contributed by atoms with Gasteiger partial charge in [-0.1, -0.05) is 6.07 Å². The summed E-state index contributed by atoms with van der Waals surface area (Å²) >= 11 is 1.65. The van der Waals surface area contributed by atoms with Crippen molar-refractivity contribution >= 4 is 17.2 Å². The Morgan fingerprint density at radius 2 is 1.96 bits per heavy atom. The molecular formula is C18H19N3O3S. The van der Waals surface area contributed by atoms with E-state index >= 15 is 0 Å². The molecule has 3 aromatic rings. The summed E-state index contributed by atoms with van der Waals surface area (Å²) in [6.07, 6.45) is 1.91. The van der Waals surface area contributed by atoms with Crippen molar-refractivity contribution in [1.29, 1.82) is 0 Å². The molecule has 0 aliphatic carbocycles. The molecule has 7 heteroatoms. The van der Waals surface area contributed by atoms with E-state index in [2.05, 4.69) is 10.4 Å². The molecule has 0 bridgehead atoms. The number of amides is 1. The summed E-state index contributed by atoms with van der Waals surface area (Å²) in [7, 11) is 3.11. The van der Waals surface area contributed by atoms with Gasteiger partial charge in [0.25, 0.3) is 5.91 Å². The first kappa shape index (κ1) is 17.0. The molecule has 0 saturated heterocycles. The Balaban J connectivity index is 1.58. The number of nitrogens with one attached hydrogen (secondary N) is 1. The van der Waals surface area contributed by atoms with Gasteiger partial charge in [-0.2, -0.15) is 5.10 Å². The first-order valence-corrected chi connectivity index (χ1v) is 8.66. The fraction of sp³-hybridized carbons (Fsp3) is 0.222. The maximum Gasteiger partial charge on any atom is 0.251 e. The number of ether oxygens (including phenoxy) is 2. The number of hydrogen-bond donors (Lipinski definition) is 1. The Morgan fingerprint density at radius 3 is 2.60 bits per heavy atom. The molecule has 0 saturated carbocycles. The number of rotatable bonds is 7. The Kier molecular flexibility index (Phi) is 5.35. The lowest BCUT2D eigenvalue weighted by Gasteiger charge is -2.09. The first-order valence-electron chi connectivity index (χ1n) is 7.78. The molecule has 0 aliphatic rings. The fourth-order valence-corrected chi connectivity index (χ4v) is 3.06. The molecule has 1 amide bonds. The predicted molar refractivity (Wildman–Crippen MR) is 97.4 cm³/mol. The average molecular weight is 357 g/mol. The van der Waals surface area contributed by atoms with Crippen molar-refractivity contribution in [2.45, 2.75) is 6.54 Å². The van der Waals surface area contributed by atoms with Crippen LogP contribution in [-0.2, 0) is 6.54 Å². The summed E-state index contributed by atoms with van der Waals surface area (Å²) in [5.74, 6) is 0.983. The minimum Gasteiger partial charge on any atom is -0.497 e. The molecule has 3 rings (SSSR count). The number of hydrogen-bond acceptors (Lipinski definition) is 5. The lowest BCUT2D eigenvalue weighted by molar-refractivity contribution is 0.0951. The molecule has 0 aliphatic heterocycles. The van der Waals surface area contributed by atoms with Crippen LogP contribution in [0.5, 0.6) is 11.5 Å². The van der Waals surface area contributed by atoms with E-state index in [-0.39, 0.29) is 5.91 Å². The zero-order valence-electron chi connectivity index (χ0n) is 14.1. The van der Waals surface area contributed by atoms with Crippen molar-refractivity contribution in [3.8, 4) is 22.1 Å². The van der Waals surface area contributed by atoms with Crippen molar-refractivity contribution in [1.82, 2.24) is 15.1 Å². The maximum absolute atomic E-state index is 12.3. The molecule has 1 aromatic carbocycles. The van der Waals surface area contributed by atoms with Gasteiger partial charge in [-0.15, -0.1) is 11.3 Å². The van der Waals surface area contributed by atoms with Crippen LogP contribution in [0, 0.1) is 0 Å². The molecular weight excluding hydrogens is 338 g/mol. The maximum atomic E-state index is 12.3. The smallest absolute Gasteiger partial charge is 0.251 e. The lowest BCUT2D eigenvalue weighted by Crippen LogP contribution is -2.27. The quantitative estimate of drug-likeness (QED) is 0.706. The predicted octanol–water partition coefficient (Wildman–Crippen LogP) is 3.06. The van der Waals surface area contributed by atoms with E-state index in [4.69, 9.17) is 9.47 Å². The number of nitrogens with zero attached hydrogens (tertiary/aromatic N) is 2. The minimum absolute atomic E-state index is 0.178. The van der Waals surface area contributed by atoms with E-state index in [1.165, 1.54) is 0 Å². The molecule has 0 unspecified atom stereocenters. The van der Waals surface area contributed by atoms with Crippen LogP contribution >= 0.6 is 11.3 Å². The molecule has 0 radical (unpaired) electrons. The molecule has 0 fully saturated rings. The van der Waals surface area contributed by atoms with Crippen LogP contribution in [0.1, 0.15) is 10.4 Å². The van der Waals surface area contributed by atoms with E-state index in [1.54, 1.807) is 43.8 Å². The van der Waals surface area contributed by atoms with Gasteiger partial charge in [0.15, 0.2) is 0 Å². The van der Waals surface area contributed by atoms with E-state index in [0.717, 1.165) is 10.6 Å². The van der Waals surface area contributed by atoms with Gasteiger partial charge in [0.1, 0.15) is 17.2 Å². The number of aromatic nitrogens is 2. The number of carbonyl (C=O) groups excluding carboxylic acids is 1. The second kappa shape index (κ2) is 7.85. The standard InChI is InChI=1S/C18H19N3O3S/c1-23-14-10-13(11-15(12-14)24-2)18(22)19-6-8-21-7-5-16(20-21)17-4-3-9-25-17/h3-5,7,9-12H,6,8H2,1-2H3,(H,19,22). The van der Waals surface area contributed by atoms with Crippen LogP contribution in [-0.4, -0.2) is 36.5 Å². The van der Waals surface area contributed by atoms with Crippen molar-refractivity contribution in [3.05, 3.63) is 53.5 Å². The normalized spacial score (nSPS) is 10.5.